The van der Waals surface area contributed by atoms with Crippen LogP contribution in [0.5, 0.6) is 17.2 Å². The van der Waals surface area contributed by atoms with Gasteiger partial charge in [0.1, 0.15) is 0 Å². The number of benzene rings is 1. The van der Waals surface area contributed by atoms with Gasteiger partial charge in [-0.05, 0) is 31.4 Å². The topological polar surface area (TPSA) is 57.2 Å². The third kappa shape index (κ3) is 2.90. The molecule has 0 saturated carbocycles. The normalized spacial score (nSPS) is 23.4. The standard InChI is InChI=1S/C18H25NO5/c1-21-14-6-5-13(15(22-2)16(14)23-3)17(20)19-9-4-7-18(11-19)8-10-24-12-18/h5-6H,4,7-12H2,1-3H3. The van der Waals surface area contributed by atoms with Crippen molar-refractivity contribution in [1.82, 2.24) is 4.90 Å². The van der Waals surface area contributed by atoms with Gasteiger partial charge < -0.3 is 23.8 Å². The second-order valence-corrected chi connectivity index (χ2v) is 6.51. The predicted molar refractivity (Wildman–Crippen MR) is 89.1 cm³/mol. The Morgan fingerprint density at radius 2 is 1.92 bits per heavy atom. The molecule has 2 aliphatic rings. The van der Waals surface area contributed by atoms with E-state index in [1.54, 1.807) is 26.4 Å². The maximum atomic E-state index is 13.1. The molecular weight excluding hydrogens is 310 g/mol. The van der Waals surface area contributed by atoms with Crippen molar-refractivity contribution in [2.45, 2.75) is 19.3 Å². The van der Waals surface area contributed by atoms with Crippen LogP contribution in [-0.4, -0.2) is 58.4 Å². The lowest BCUT2D eigenvalue weighted by molar-refractivity contribution is 0.0459. The number of rotatable bonds is 4. The second-order valence-electron chi connectivity index (χ2n) is 6.51. The van der Waals surface area contributed by atoms with Crippen molar-refractivity contribution >= 4 is 5.91 Å². The second kappa shape index (κ2) is 6.89. The molecule has 132 valence electrons. The lowest BCUT2D eigenvalue weighted by Gasteiger charge is -2.39. The molecule has 1 aromatic rings. The Hall–Kier alpha value is -1.95. The molecule has 1 spiro atoms. The van der Waals surface area contributed by atoms with E-state index in [0.717, 1.165) is 45.6 Å². The summed E-state index contributed by atoms with van der Waals surface area (Å²) in [6.45, 7) is 3.04. The minimum atomic E-state index is -0.0289. The minimum absolute atomic E-state index is 0.0289. The molecule has 2 saturated heterocycles. The quantitative estimate of drug-likeness (QED) is 0.845. The fraction of sp³-hybridized carbons (Fsp3) is 0.611. The lowest BCUT2D eigenvalue weighted by atomic mass is 9.79. The van der Waals surface area contributed by atoms with Crippen molar-refractivity contribution in [2.75, 3.05) is 47.6 Å². The Morgan fingerprint density at radius 3 is 2.54 bits per heavy atom. The molecule has 1 unspecified atom stereocenters. The monoisotopic (exact) mass is 335 g/mol. The molecule has 2 heterocycles. The summed E-state index contributed by atoms with van der Waals surface area (Å²) in [5.74, 6) is 1.38. The minimum Gasteiger partial charge on any atom is -0.493 e. The highest BCUT2D eigenvalue weighted by molar-refractivity contribution is 5.98. The maximum absolute atomic E-state index is 13.1. The van der Waals surface area contributed by atoms with Crippen LogP contribution in [0.1, 0.15) is 29.6 Å². The van der Waals surface area contributed by atoms with Gasteiger partial charge in [0.2, 0.25) is 5.75 Å². The molecule has 1 amide bonds. The number of nitrogens with zero attached hydrogens (tertiary/aromatic N) is 1. The van der Waals surface area contributed by atoms with E-state index in [9.17, 15) is 4.79 Å². The average Bonchev–Trinajstić information content (AvgIpc) is 3.07. The molecular formula is C18H25NO5. The first-order valence-corrected chi connectivity index (χ1v) is 8.30. The first-order chi connectivity index (χ1) is 11.6. The molecule has 0 bridgehead atoms. The summed E-state index contributed by atoms with van der Waals surface area (Å²) in [6.07, 6.45) is 3.16. The van der Waals surface area contributed by atoms with Crippen LogP contribution in [0.3, 0.4) is 0 Å². The van der Waals surface area contributed by atoms with Crippen molar-refractivity contribution in [3.63, 3.8) is 0 Å². The molecule has 3 rings (SSSR count). The van der Waals surface area contributed by atoms with Crippen molar-refractivity contribution in [1.29, 1.82) is 0 Å². The zero-order chi connectivity index (χ0) is 17.2. The zero-order valence-electron chi connectivity index (χ0n) is 14.6. The average molecular weight is 335 g/mol. The molecule has 0 radical (unpaired) electrons. The summed E-state index contributed by atoms with van der Waals surface area (Å²) >= 11 is 0. The fourth-order valence-corrected chi connectivity index (χ4v) is 3.79. The van der Waals surface area contributed by atoms with Crippen molar-refractivity contribution < 1.29 is 23.7 Å². The van der Waals surface area contributed by atoms with Gasteiger partial charge in [-0.15, -0.1) is 0 Å². The van der Waals surface area contributed by atoms with Crippen molar-refractivity contribution in [3.8, 4) is 17.2 Å². The molecule has 6 heteroatoms. The summed E-state index contributed by atoms with van der Waals surface area (Å²) in [5, 5.41) is 0. The van der Waals surface area contributed by atoms with Crippen LogP contribution in [0.15, 0.2) is 12.1 Å². The molecule has 1 atom stereocenters. The number of ether oxygens (including phenoxy) is 4. The summed E-state index contributed by atoms with van der Waals surface area (Å²) < 4.78 is 21.7. The van der Waals surface area contributed by atoms with Gasteiger partial charge in [0.15, 0.2) is 11.5 Å². The lowest BCUT2D eigenvalue weighted by Crippen LogP contribution is -2.46. The van der Waals surface area contributed by atoms with Crippen molar-refractivity contribution in [3.05, 3.63) is 17.7 Å². The Bertz CT molecular complexity index is 610. The van der Waals surface area contributed by atoms with E-state index in [0.29, 0.717) is 22.8 Å². The molecule has 2 aliphatic heterocycles. The van der Waals surface area contributed by atoms with Gasteiger partial charge in [0.05, 0.1) is 33.5 Å². The molecule has 0 aromatic heterocycles. The largest absolute Gasteiger partial charge is 0.493 e. The van der Waals surface area contributed by atoms with Crippen LogP contribution in [0.25, 0.3) is 0 Å². The smallest absolute Gasteiger partial charge is 0.257 e. The zero-order valence-corrected chi connectivity index (χ0v) is 14.6. The van der Waals surface area contributed by atoms with E-state index in [-0.39, 0.29) is 11.3 Å². The number of likely N-dealkylation sites (tertiary alicyclic amines) is 1. The number of hydrogen-bond donors (Lipinski definition) is 0. The summed E-state index contributed by atoms with van der Waals surface area (Å²) in [4.78, 5) is 15.0. The van der Waals surface area contributed by atoms with Gasteiger partial charge in [-0.25, -0.2) is 0 Å². The Morgan fingerprint density at radius 1 is 1.12 bits per heavy atom. The maximum Gasteiger partial charge on any atom is 0.257 e. The van der Waals surface area contributed by atoms with Crippen LogP contribution < -0.4 is 14.2 Å². The molecule has 0 N–H and O–H groups in total. The molecule has 1 aromatic carbocycles. The first-order valence-electron chi connectivity index (χ1n) is 8.30. The Balaban J connectivity index is 1.89. The van der Waals surface area contributed by atoms with Gasteiger partial charge in [-0.1, -0.05) is 0 Å². The molecule has 0 aliphatic carbocycles. The Kier molecular flexibility index (Phi) is 4.85. The first kappa shape index (κ1) is 16.9. The number of hydrogen-bond acceptors (Lipinski definition) is 5. The molecule has 24 heavy (non-hydrogen) atoms. The van der Waals surface area contributed by atoms with Crippen LogP contribution in [-0.2, 0) is 4.74 Å². The summed E-state index contributed by atoms with van der Waals surface area (Å²) in [5.41, 5.74) is 0.628. The van der Waals surface area contributed by atoms with Gasteiger partial charge in [-0.2, -0.15) is 0 Å². The highest BCUT2D eigenvalue weighted by Crippen LogP contribution is 2.42. The number of methoxy groups -OCH3 is 3. The van der Waals surface area contributed by atoms with E-state index in [1.165, 1.54) is 7.11 Å². The van der Waals surface area contributed by atoms with Gasteiger partial charge in [0, 0.05) is 25.1 Å². The van der Waals surface area contributed by atoms with Crippen molar-refractivity contribution in [2.24, 2.45) is 5.41 Å². The van der Waals surface area contributed by atoms with E-state index >= 15 is 0 Å². The predicted octanol–water partition coefficient (Wildman–Crippen LogP) is 2.36. The van der Waals surface area contributed by atoms with Crippen LogP contribution >= 0.6 is 0 Å². The van der Waals surface area contributed by atoms with E-state index in [2.05, 4.69) is 0 Å². The fourth-order valence-electron chi connectivity index (χ4n) is 3.79. The van der Waals surface area contributed by atoms with Gasteiger partial charge in [0.25, 0.3) is 5.91 Å². The number of amides is 1. The summed E-state index contributed by atoms with van der Waals surface area (Å²) in [7, 11) is 4.64. The van der Waals surface area contributed by atoms with E-state index in [4.69, 9.17) is 18.9 Å². The third-order valence-electron chi connectivity index (χ3n) is 5.07. The number of piperidine rings is 1. The summed E-state index contributed by atoms with van der Waals surface area (Å²) in [6, 6.07) is 3.49. The van der Waals surface area contributed by atoms with E-state index in [1.807, 2.05) is 4.90 Å². The van der Waals surface area contributed by atoms with Crippen LogP contribution in [0.2, 0.25) is 0 Å². The molecule has 6 nitrogen and oxygen atoms in total. The highest BCUT2D eigenvalue weighted by atomic mass is 16.5. The van der Waals surface area contributed by atoms with Crippen LogP contribution in [0.4, 0.5) is 0 Å². The molecule has 2 fully saturated rings. The van der Waals surface area contributed by atoms with Crippen LogP contribution in [0, 0.1) is 5.41 Å². The Labute approximate surface area is 142 Å². The third-order valence-corrected chi connectivity index (χ3v) is 5.07. The van der Waals surface area contributed by atoms with Gasteiger partial charge in [-0.3, -0.25) is 4.79 Å². The highest BCUT2D eigenvalue weighted by Gasteiger charge is 2.41. The van der Waals surface area contributed by atoms with E-state index < -0.39 is 0 Å². The SMILES string of the molecule is COc1ccc(C(=O)N2CCCC3(CCOC3)C2)c(OC)c1OC. The number of carbonyl (C=O) groups is 1. The van der Waals surface area contributed by atoms with Gasteiger partial charge >= 0.3 is 0 Å². The number of carbonyl (C=O) groups excluding carboxylic acids is 1.